The molecule has 2 atom stereocenters. The standard InChI is InChI=1S/C12H16FNO/c1-8-6-10(13)2-3-11(8)12-9(7-15)4-5-14-12/h2-3,6,9,12,14-15H,4-5,7H2,1H3. The van der Waals surface area contributed by atoms with E-state index in [0.29, 0.717) is 0 Å². The molecule has 2 unspecified atom stereocenters. The van der Waals surface area contributed by atoms with Crippen LogP contribution in [0.5, 0.6) is 0 Å². The van der Waals surface area contributed by atoms with Crippen LogP contribution in [0, 0.1) is 18.7 Å². The maximum absolute atomic E-state index is 12.9. The van der Waals surface area contributed by atoms with Gasteiger partial charge in [-0.2, -0.15) is 0 Å². The highest BCUT2D eigenvalue weighted by Gasteiger charge is 2.28. The van der Waals surface area contributed by atoms with Crippen LogP contribution >= 0.6 is 0 Å². The van der Waals surface area contributed by atoms with Gasteiger partial charge in [-0.05, 0) is 43.1 Å². The molecule has 1 saturated heterocycles. The quantitative estimate of drug-likeness (QED) is 0.778. The van der Waals surface area contributed by atoms with E-state index in [1.54, 1.807) is 6.07 Å². The lowest BCUT2D eigenvalue weighted by Gasteiger charge is -2.19. The molecule has 1 aromatic rings. The van der Waals surface area contributed by atoms with Gasteiger partial charge in [-0.1, -0.05) is 6.07 Å². The molecule has 1 aromatic carbocycles. The van der Waals surface area contributed by atoms with Gasteiger partial charge in [-0.15, -0.1) is 0 Å². The van der Waals surface area contributed by atoms with Gasteiger partial charge < -0.3 is 10.4 Å². The maximum atomic E-state index is 12.9. The molecule has 2 N–H and O–H groups in total. The smallest absolute Gasteiger partial charge is 0.123 e. The van der Waals surface area contributed by atoms with Crippen molar-refractivity contribution in [1.29, 1.82) is 0 Å². The molecule has 82 valence electrons. The van der Waals surface area contributed by atoms with E-state index in [1.165, 1.54) is 6.07 Å². The molecule has 2 nitrogen and oxygen atoms in total. The van der Waals surface area contributed by atoms with Crippen molar-refractivity contribution in [3.63, 3.8) is 0 Å². The van der Waals surface area contributed by atoms with Crippen LogP contribution in [0.3, 0.4) is 0 Å². The molecular weight excluding hydrogens is 193 g/mol. The van der Waals surface area contributed by atoms with E-state index < -0.39 is 0 Å². The van der Waals surface area contributed by atoms with Crippen LogP contribution in [-0.4, -0.2) is 18.3 Å². The van der Waals surface area contributed by atoms with Gasteiger partial charge in [-0.3, -0.25) is 0 Å². The van der Waals surface area contributed by atoms with E-state index >= 15 is 0 Å². The van der Waals surface area contributed by atoms with E-state index in [2.05, 4.69) is 5.32 Å². The monoisotopic (exact) mass is 209 g/mol. The molecule has 0 amide bonds. The molecule has 0 aromatic heterocycles. The summed E-state index contributed by atoms with van der Waals surface area (Å²) in [5, 5.41) is 12.6. The van der Waals surface area contributed by atoms with Crippen molar-refractivity contribution in [1.82, 2.24) is 5.32 Å². The Kier molecular flexibility index (Phi) is 3.03. The number of nitrogens with one attached hydrogen (secondary N) is 1. The van der Waals surface area contributed by atoms with Crippen molar-refractivity contribution in [2.24, 2.45) is 5.92 Å². The lowest BCUT2D eigenvalue weighted by Crippen LogP contribution is -2.20. The highest BCUT2D eigenvalue weighted by molar-refractivity contribution is 5.30. The Labute approximate surface area is 89.1 Å². The van der Waals surface area contributed by atoms with E-state index in [0.717, 1.165) is 24.1 Å². The summed E-state index contributed by atoms with van der Waals surface area (Å²) in [6.45, 7) is 3.02. The summed E-state index contributed by atoms with van der Waals surface area (Å²) in [6.07, 6.45) is 0.984. The first-order chi connectivity index (χ1) is 7.22. The Morgan fingerprint density at radius 3 is 3.00 bits per heavy atom. The molecule has 0 saturated carbocycles. The fourth-order valence-electron chi connectivity index (χ4n) is 2.31. The summed E-state index contributed by atoms with van der Waals surface area (Å²) in [6, 6.07) is 5.02. The maximum Gasteiger partial charge on any atom is 0.123 e. The van der Waals surface area contributed by atoms with Crippen molar-refractivity contribution in [2.45, 2.75) is 19.4 Å². The molecule has 0 radical (unpaired) electrons. The fourth-order valence-corrected chi connectivity index (χ4v) is 2.31. The molecular formula is C12H16FNO. The summed E-state index contributed by atoms with van der Waals surface area (Å²) in [5.41, 5.74) is 2.06. The number of halogens is 1. The Morgan fingerprint density at radius 1 is 1.53 bits per heavy atom. The molecule has 3 heteroatoms. The molecule has 0 aliphatic carbocycles. The van der Waals surface area contributed by atoms with Gasteiger partial charge in [-0.25, -0.2) is 4.39 Å². The van der Waals surface area contributed by atoms with E-state index in [1.807, 2.05) is 13.0 Å². The summed E-state index contributed by atoms with van der Waals surface area (Å²) >= 11 is 0. The SMILES string of the molecule is Cc1cc(F)ccc1C1NCCC1CO. The first kappa shape index (κ1) is 10.6. The van der Waals surface area contributed by atoms with Crippen molar-refractivity contribution in [3.8, 4) is 0 Å². The van der Waals surface area contributed by atoms with Crippen LogP contribution in [0.15, 0.2) is 18.2 Å². The second-order valence-electron chi connectivity index (χ2n) is 4.16. The van der Waals surface area contributed by atoms with Crippen LogP contribution in [0.2, 0.25) is 0 Å². The highest BCUT2D eigenvalue weighted by Crippen LogP contribution is 2.31. The summed E-state index contributed by atoms with van der Waals surface area (Å²) in [7, 11) is 0. The summed E-state index contributed by atoms with van der Waals surface area (Å²) < 4.78 is 12.9. The first-order valence-corrected chi connectivity index (χ1v) is 5.32. The second-order valence-corrected chi connectivity index (χ2v) is 4.16. The number of benzene rings is 1. The normalized spacial score (nSPS) is 25.8. The van der Waals surface area contributed by atoms with Gasteiger partial charge in [0.15, 0.2) is 0 Å². The Hall–Kier alpha value is -0.930. The molecule has 0 spiro atoms. The van der Waals surface area contributed by atoms with Crippen molar-refractivity contribution < 1.29 is 9.50 Å². The summed E-state index contributed by atoms with van der Waals surface area (Å²) in [4.78, 5) is 0. The van der Waals surface area contributed by atoms with Crippen molar-refractivity contribution >= 4 is 0 Å². The predicted molar refractivity (Wildman–Crippen MR) is 57.1 cm³/mol. The lowest BCUT2D eigenvalue weighted by atomic mass is 9.92. The minimum Gasteiger partial charge on any atom is -0.396 e. The molecule has 1 heterocycles. The number of aryl methyl sites for hydroxylation is 1. The van der Waals surface area contributed by atoms with Crippen LogP contribution < -0.4 is 5.32 Å². The first-order valence-electron chi connectivity index (χ1n) is 5.32. The second kappa shape index (κ2) is 4.29. The third-order valence-electron chi connectivity index (χ3n) is 3.15. The minimum absolute atomic E-state index is 0.176. The molecule has 0 bridgehead atoms. The number of hydrogen-bond acceptors (Lipinski definition) is 2. The van der Waals surface area contributed by atoms with Crippen LogP contribution in [-0.2, 0) is 0 Å². The molecule has 15 heavy (non-hydrogen) atoms. The van der Waals surface area contributed by atoms with Gasteiger partial charge in [0.25, 0.3) is 0 Å². The third kappa shape index (κ3) is 2.03. The van der Waals surface area contributed by atoms with Crippen molar-refractivity contribution in [3.05, 3.63) is 35.1 Å². The zero-order valence-electron chi connectivity index (χ0n) is 8.83. The average Bonchev–Trinajstić information content (AvgIpc) is 2.65. The largest absolute Gasteiger partial charge is 0.396 e. The Balaban J connectivity index is 2.28. The summed E-state index contributed by atoms with van der Waals surface area (Å²) in [5.74, 6) is 0.0592. The lowest BCUT2D eigenvalue weighted by molar-refractivity contribution is 0.214. The Bertz CT molecular complexity index is 353. The highest BCUT2D eigenvalue weighted by atomic mass is 19.1. The van der Waals surface area contributed by atoms with E-state index in [4.69, 9.17) is 0 Å². The number of rotatable bonds is 2. The topological polar surface area (TPSA) is 32.3 Å². The van der Waals surface area contributed by atoms with Crippen LogP contribution in [0.25, 0.3) is 0 Å². The Morgan fingerprint density at radius 2 is 2.33 bits per heavy atom. The van der Waals surface area contributed by atoms with Gasteiger partial charge >= 0.3 is 0 Å². The number of aliphatic hydroxyl groups excluding tert-OH is 1. The van der Waals surface area contributed by atoms with Crippen LogP contribution in [0.1, 0.15) is 23.6 Å². The third-order valence-corrected chi connectivity index (χ3v) is 3.15. The molecule has 2 rings (SSSR count). The van der Waals surface area contributed by atoms with Gasteiger partial charge in [0.2, 0.25) is 0 Å². The van der Waals surface area contributed by atoms with Crippen LogP contribution in [0.4, 0.5) is 4.39 Å². The average molecular weight is 209 g/mol. The van der Waals surface area contributed by atoms with Gasteiger partial charge in [0, 0.05) is 18.6 Å². The number of aliphatic hydroxyl groups is 1. The van der Waals surface area contributed by atoms with Gasteiger partial charge in [0.05, 0.1) is 0 Å². The van der Waals surface area contributed by atoms with E-state index in [-0.39, 0.29) is 24.4 Å². The number of hydrogen-bond donors (Lipinski definition) is 2. The molecule has 1 aliphatic heterocycles. The predicted octanol–water partition coefficient (Wildman–Crippen LogP) is 1.78. The van der Waals surface area contributed by atoms with Gasteiger partial charge in [0.1, 0.15) is 5.82 Å². The molecule has 1 fully saturated rings. The fraction of sp³-hybridized carbons (Fsp3) is 0.500. The van der Waals surface area contributed by atoms with E-state index in [9.17, 15) is 9.50 Å². The molecule has 1 aliphatic rings. The minimum atomic E-state index is -0.199. The zero-order valence-corrected chi connectivity index (χ0v) is 8.83. The van der Waals surface area contributed by atoms with Crippen molar-refractivity contribution in [2.75, 3.05) is 13.2 Å². The zero-order chi connectivity index (χ0) is 10.8.